The van der Waals surface area contributed by atoms with E-state index < -0.39 is 18.2 Å². The van der Waals surface area contributed by atoms with E-state index in [2.05, 4.69) is 0 Å². The van der Waals surface area contributed by atoms with Crippen LogP contribution in [0.3, 0.4) is 0 Å². The third-order valence-corrected chi connectivity index (χ3v) is 2.25. The van der Waals surface area contributed by atoms with Crippen molar-refractivity contribution in [3.05, 3.63) is 0 Å². The molecule has 2 amide bonds. The topological polar surface area (TPSA) is 46.6 Å². The number of hydrogen-bond donors (Lipinski definition) is 0. The Morgan fingerprint density at radius 2 is 2.14 bits per heavy atom. The number of halogens is 1. The molecule has 1 heterocycles. The first-order valence-corrected chi connectivity index (χ1v) is 4.59. The molecule has 2 atom stereocenters. The van der Waals surface area contributed by atoms with Crippen LogP contribution in [0.15, 0.2) is 0 Å². The number of ether oxygens (including phenoxy) is 1. The quantitative estimate of drug-likeness (QED) is 0.680. The molecular weight excluding hydrogens is 189 g/mol. The summed E-state index contributed by atoms with van der Waals surface area (Å²) in [5.74, 6) is -0.740. The molecule has 1 rings (SSSR count). The molecule has 0 aromatic carbocycles. The number of cyclic esters (lactones) is 1. The van der Waals surface area contributed by atoms with Crippen LogP contribution in [0.4, 0.5) is 9.18 Å². The highest BCUT2D eigenvalue weighted by Gasteiger charge is 2.41. The van der Waals surface area contributed by atoms with Crippen LogP contribution in [0.5, 0.6) is 0 Å². The minimum absolute atomic E-state index is 0.0733. The van der Waals surface area contributed by atoms with Crippen LogP contribution in [0, 0.1) is 5.92 Å². The lowest BCUT2D eigenvalue weighted by Crippen LogP contribution is -2.44. The Morgan fingerprint density at radius 1 is 1.57 bits per heavy atom. The molecule has 0 spiro atoms. The Hall–Kier alpha value is -1.13. The molecule has 80 valence electrons. The smallest absolute Gasteiger partial charge is 0.417 e. The lowest BCUT2D eigenvalue weighted by atomic mass is 10.0. The molecule has 1 saturated heterocycles. The number of amides is 2. The maximum Gasteiger partial charge on any atom is 0.417 e. The Morgan fingerprint density at radius 3 is 2.57 bits per heavy atom. The van der Waals surface area contributed by atoms with Gasteiger partial charge in [0.25, 0.3) is 5.91 Å². The Kier molecular flexibility index (Phi) is 3.08. The second kappa shape index (κ2) is 3.94. The zero-order valence-electron chi connectivity index (χ0n) is 8.49. The summed E-state index contributed by atoms with van der Waals surface area (Å²) in [6, 6.07) is -0.340. The van der Waals surface area contributed by atoms with Crippen molar-refractivity contribution < 1.29 is 18.7 Å². The molecule has 1 fully saturated rings. The second-order valence-electron chi connectivity index (χ2n) is 3.71. The summed E-state index contributed by atoms with van der Waals surface area (Å²) in [6.07, 6.45) is -2.40. The Balaban J connectivity index is 2.82. The summed E-state index contributed by atoms with van der Waals surface area (Å²) < 4.78 is 17.5. The van der Waals surface area contributed by atoms with Crippen molar-refractivity contribution in [1.29, 1.82) is 0 Å². The van der Waals surface area contributed by atoms with Gasteiger partial charge in [-0.05, 0) is 12.8 Å². The summed E-state index contributed by atoms with van der Waals surface area (Å²) in [6.45, 7) is 4.99. The van der Waals surface area contributed by atoms with Gasteiger partial charge in [0.15, 0.2) is 6.17 Å². The number of nitrogens with zero attached hydrogens (tertiary/aromatic N) is 1. The Bertz CT molecular complexity index is 252. The van der Waals surface area contributed by atoms with E-state index in [0.29, 0.717) is 0 Å². The zero-order chi connectivity index (χ0) is 10.9. The van der Waals surface area contributed by atoms with E-state index in [1.54, 1.807) is 0 Å². The van der Waals surface area contributed by atoms with E-state index in [1.807, 2.05) is 13.8 Å². The molecular formula is C9H14FNO3. The molecule has 1 aliphatic heterocycles. The summed E-state index contributed by atoms with van der Waals surface area (Å²) >= 11 is 0. The van der Waals surface area contributed by atoms with Crippen LogP contribution in [0.2, 0.25) is 0 Å². The van der Waals surface area contributed by atoms with Crippen LogP contribution in [-0.4, -0.2) is 35.7 Å². The lowest BCUT2D eigenvalue weighted by Gasteiger charge is -2.22. The fourth-order valence-electron chi connectivity index (χ4n) is 1.37. The molecule has 0 aromatic heterocycles. The van der Waals surface area contributed by atoms with Crippen LogP contribution in [0.1, 0.15) is 20.8 Å². The minimum Gasteiger partial charge on any atom is -0.447 e. The van der Waals surface area contributed by atoms with Gasteiger partial charge < -0.3 is 4.74 Å². The molecule has 4 nitrogen and oxygen atoms in total. The van der Waals surface area contributed by atoms with E-state index in [1.165, 1.54) is 0 Å². The third-order valence-electron chi connectivity index (χ3n) is 2.25. The first-order chi connectivity index (χ1) is 6.45. The van der Waals surface area contributed by atoms with Gasteiger partial charge in [-0.15, -0.1) is 0 Å². The summed E-state index contributed by atoms with van der Waals surface area (Å²) in [4.78, 5) is 23.4. The van der Waals surface area contributed by atoms with Gasteiger partial charge >= 0.3 is 6.09 Å². The first kappa shape index (κ1) is 10.9. The number of alkyl halides is 1. The van der Waals surface area contributed by atoms with Crippen molar-refractivity contribution in [3.63, 3.8) is 0 Å². The van der Waals surface area contributed by atoms with Gasteiger partial charge in [-0.1, -0.05) is 13.8 Å². The van der Waals surface area contributed by atoms with Gasteiger partial charge in [0.05, 0.1) is 6.04 Å². The average molecular weight is 203 g/mol. The molecule has 0 aromatic rings. The van der Waals surface area contributed by atoms with Crippen molar-refractivity contribution in [2.45, 2.75) is 33.0 Å². The van der Waals surface area contributed by atoms with Crippen molar-refractivity contribution in [2.24, 2.45) is 5.92 Å². The van der Waals surface area contributed by atoms with Gasteiger partial charge in [-0.2, -0.15) is 0 Å². The summed E-state index contributed by atoms with van der Waals surface area (Å²) in [5, 5.41) is 0. The van der Waals surface area contributed by atoms with Crippen LogP contribution >= 0.6 is 0 Å². The highest BCUT2D eigenvalue weighted by atomic mass is 19.1. The van der Waals surface area contributed by atoms with E-state index in [0.717, 1.165) is 11.8 Å². The van der Waals surface area contributed by atoms with E-state index in [4.69, 9.17) is 4.74 Å². The van der Waals surface area contributed by atoms with E-state index >= 15 is 0 Å². The molecule has 1 unspecified atom stereocenters. The zero-order valence-corrected chi connectivity index (χ0v) is 8.49. The number of rotatable bonds is 2. The Labute approximate surface area is 82.0 Å². The average Bonchev–Trinajstić information content (AvgIpc) is 2.45. The molecule has 1 aliphatic rings. The predicted octanol–water partition coefficient (Wildman–Crippen LogP) is 1.35. The fraction of sp³-hybridized carbons (Fsp3) is 0.778. The summed E-state index contributed by atoms with van der Waals surface area (Å²) in [7, 11) is 0. The number of carbonyl (C=O) groups excluding carboxylic acids is 2. The largest absolute Gasteiger partial charge is 0.447 e. The van der Waals surface area contributed by atoms with Crippen molar-refractivity contribution in [2.75, 3.05) is 6.61 Å². The first-order valence-electron chi connectivity index (χ1n) is 4.59. The molecule has 14 heavy (non-hydrogen) atoms. The standard InChI is InChI=1S/C9H14FNO3/c1-5(2)7-4-14-9(13)11(7)8(12)6(3)10/h5-7H,4H2,1-3H3/t6?,7-/m1/s1. The van der Waals surface area contributed by atoms with Crippen LogP contribution in [0.25, 0.3) is 0 Å². The van der Waals surface area contributed by atoms with E-state index in [9.17, 15) is 14.0 Å². The number of imide groups is 1. The highest BCUT2D eigenvalue weighted by molar-refractivity contribution is 5.95. The third kappa shape index (κ3) is 1.86. The van der Waals surface area contributed by atoms with Gasteiger partial charge in [0.1, 0.15) is 6.61 Å². The second-order valence-corrected chi connectivity index (χ2v) is 3.71. The van der Waals surface area contributed by atoms with Crippen LogP contribution < -0.4 is 0 Å². The molecule has 0 radical (unpaired) electrons. The highest BCUT2D eigenvalue weighted by Crippen LogP contribution is 2.20. The van der Waals surface area contributed by atoms with Gasteiger partial charge in [-0.25, -0.2) is 14.1 Å². The predicted molar refractivity (Wildman–Crippen MR) is 47.4 cm³/mol. The van der Waals surface area contributed by atoms with Crippen molar-refractivity contribution in [1.82, 2.24) is 4.90 Å². The van der Waals surface area contributed by atoms with Gasteiger partial charge in [-0.3, -0.25) is 4.79 Å². The molecule has 0 bridgehead atoms. The molecule has 0 N–H and O–H groups in total. The maximum absolute atomic E-state index is 12.8. The van der Waals surface area contributed by atoms with Gasteiger partial charge in [0.2, 0.25) is 0 Å². The van der Waals surface area contributed by atoms with Crippen molar-refractivity contribution >= 4 is 12.0 Å². The molecule has 0 saturated carbocycles. The summed E-state index contributed by atoms with van der Waals surface area (Å²) in [5.41, 5.74) is 0. The maximum atomic E-state index is 12.8. The normalized spacial score (nSPS) is 23.9. The number of hydrogen-bond acceptors (Lipinski definition) is 3. The fourth-order valence-corrected chi connectivity index (χ4v) is 1.37. The monoisotopic (exact) mass is 203 g/mol. The minimum atomic E-state index is -1.66. The van der Waals surface area contributed by atoms with E-state index in [-0.39, 0.29) is 18.6 Å². The lowest BCUT2D eigenvalue weighted by molar-refractivity contribution is -0.134. The molecule has 0 aliphatic carbocycles. The molecule has 5 heteroatoms. The van der Waals surface area contributed by atoms with Gasteiger partial charge in [0, 0.05) is 0 Å². The number of carbonyl (C=O) groups is 2. The SMILES string of the molecule is CC(F)C(=O)N1C(=O)OC[C@@H]1C(C)C. The van der Waals surface area contributed by atoms with Crippen LogP contribution in [-0.2, 0) is 9.53 Å². The van der Waals surface area contributed by atoms with Crippen molar-refractivity contribution in [3.8, 4) is 0 Å².